The second-order valence-corrected chi connectivity index (χ2v) is 4.93. The zero-order valence-electron chi connectivity index (χ0n) is 8.48. The number of allylic oxidation sites excluding steroid dienone is 2. The second-order valence-electron chi connectivity index (χ2n) is 4.93. The van der Waals surface area contributed by atoms with E-state index in [-0.39, 0.29) is 0 Å². The maximum Gasteiger partial charge on any atom is 0.0983 e. The minimum absolute atomic E-state index is 0.312. The monoisotopic (exact) mass is 166 g/mol. The van der Waals surface area contributed by atoms with Crippen molar-refractivity contribution >= 4 is 0 Å². The van der Waals surface area contributed by atoms with Crippen molar-refractivity contribution in [3.8, 4) is 0 Å². The Bertz CT molecular complexity index is 239. The third kappa shape index (κ3) is 0.657. The lowest BCUT2D eigenvalue weighted by atomic mass is 9.70. The second kappa shape index (κ2) is 2.07. The molecule has 0 amide bonds. The molecule has 2 unspecified atom stereocenters. The molecule has 2 bridgehead atoms. The van der Waals surface area contributed by atoms with E-state index < -0.39 is 0 Å². The molecule has 0 radical (unpaired) electrons. The molecule has 1 heteroatoms. The Morgan fingerprint density at radius 2 is 2.08 bits per heavy atom. The van der Waals surface area contributed by atoms with Gasteiger partial charge in [-0.2, -0.15) is 0 Å². The Morgan fingerprint density at radius 3 is 2.33 bits per heavy atom. The van der Waals surface area contributed by atoms with Crippen molar-refractivity contribution < 1.29 is 4.74 Å². The highest BCUT2D eigenvalue weighted by Crippen LogP contribution is 2.64. The fourth-order valence-corrected chi connectivity index (χ4v) is 2.93. The normalized spacial score (nSPS) is 43.0. The molecule has 1 saturated carbocycles. The summed E-state index contributed by atoms with van der Waals surface area (Å²) in [6, 6.07) is 0. The Kier molecular flexibility index (Phi) is 1.40. The van der Waals surface area contributed by atoms with Gasteiger partial charge in [0.05, 0.1) is 12.9 Å². The summed E-state index contributed by atoms with van der Waals surface area (Å²) in [5, 5.41) is 0. The zero-order valence-corrected chi connectivity index (χ0v) is 8.48. The third-order valence-corrected chi connectivity index (χ3v) is 4.42. The van der Waals surface area contributed by atoms with Crippen molar-refractivity contribution in [1.29, 1.82) is 0 Å². The molecule has 0 N–H and O–H groups in total. The lowest BCUT2D eigenvalue weighted by Crippen LogP contribution is -2.30. The van der Waals surface area contributed by atoms with E-state index in [0.717, 1.165) is 5.92 Å². The molecule has 12 heavy (non-hydrogen) atoms. The molecular formula is C11H18O. The van der Waals surface area contributed by atoms with E-state index in [1.807, 2.05) is 0 Å². The van der Waals surface area contributed by atoms with Gasteiger partial charge in [-0.05, 0) is 30.3 Å². The minimum atomic E-state index is 0.312. The van der Waals surface area contributed by atoms with Gasteiger partial charge in [0.1, 0.15) is 0 Å². The SMILES string of the molecule is COC1=CC2CCC1(C)C2(C)C. The standard InChI is InChI=1S/C11H18O/c1-10(2)8-5-6-11(10,3)9(7-8)12-4/h7-8H,5-6H2,1-4H3. The fraction of sp³-hybridized carbons (Fsp3) is 0.818. The van der Waals surface area contributed by atoms with E-state index in [4.69, 9.17) is 4.74 Å². The predicted molar refractivity (Wildman–Crippen MR) is 49.7 cm³/mol. The average Bonchev–Trinajstić information content (AvgIpc) is 2.34. The summed E-state index contributed by atoms with van der Waals surface area (Å²) >= 11 is 0. The summed E-state index contributed by atoms with van der Waals surface area (Å²) in [6.45, 7) is 7.08. The van der Waals surface area contributed by atoms with Gasteiger partial charge in [-0.15, -0.1) is 0 Å². The van der Waals surface area contributed by atoms with Crippen molar-refractivity contribution in [1.82, 2.24) is 0 Å². The first-order valence-electron chi connectivity index (χ1n) is 4.78. The Labute approximate surface area is 74.8 Å². The highest BCUT2D eigenvalue weighted by atomic mass is 16.5. The highest BCUT2D eigenvalue weighted by Gasteiger charge is 2.58. The molecule has 0 aromatic rings. The summed E-state index contributed by atoms with van der Waals surface area (Å²) in [5.74, 6) is 1.97. The van der Waals surface area contributed by atoms with Gasteiger partial charge in [0, 0.05) is 5.41 Å². The number of rotatable bonds is 1. The summed E-state index contributed by atoms with van der Waals surface area (Å²) in [7, 11) is 1.80. The van der Waals surface area contributed by atoms with E-state index in [2.05, 4.69) is 26.8 Å². The Hall–Kier alpha value is -0.460. The van der Waals surface area contributed by atoms with Crippen LogP contribution in [0.25, 0.3) is 0 Å². The van der Waals surface area contributed by atoms with E-state index in [0.29, 0.717) is 10.8 Å². The summed E-state index contributed by atoms with van der Waals surface area (Å²) in [6.07, 6.45) is 4.98. The maximum absolute atomic E-state index is 5.44. The first kappa shape index (κ1) is 8.15. The molecule has 68 valence electrons. The summed E-state index contributed by atoms with van der Waals surface area (Å²) < 4.78 is 5.44. The van der Waals surface area contributed by atoms with Crippen LogP contribution in [0.2, 0.25) is 0 Å². The number of methoxy groups -OCH3 is 1. The van der Waals surface area contributed by atoms with Crippen LogP contribution in [-0.4, -0.2) is 7.11 Å². The summed E-state index contributed by atoms with van der Waals surface area (Å²) in [5.41, 5.74) is 0.727. The first-order chi connectivity index (χ1) is 5.52. The van der Waals surface area contributed by atoms with Gasteiger partial charge in [-0.25, -0.2) is 0 Å². The van der Waals surface area contributed by atoms with E-state index >= 15 is 0 Å². The van der Waals surface area contributed by atoms with E-state index in [1.54, 1.807) is 7.11 Å². The molecule has 2 atom stereocenters. The van der Waals surface area contributed by atoms with E-state index in [1.165, 1.54) is 18.6 Å². The number of hydrogen-bond acceptors (Lipinski definition) is 1. The molecule has 2 rings (SSSR count). The van der Waals surface area contributed by atoms with E-state index in [9.17, 15) is 0 Å². The van der Waals surface area contributed by atoms with Crippen LogP contribution in [-0.2, 0) is 4.74 Å². The lowest BCUT2D eigenvalue weighted by Gasteiger charge is -2.36. The molecular weight excluding hydrogens is 148 g/mol. The molecule has 0 saturated heterocycles. The van der Waals surface area contributed by atoms with Crippen molar-refractivity contribution in [3.05, 3.63) is 11.8 Å². The molecule has 0 aromatic heterocycles. The molecule has 2 aliphatic carbocycles. The Morgan fingerprint density at radius 1 is 1.42 bits per heavy atom. The van der Waals surface area contributed by atoms with Crippen LogP contribution in [0.5, 0.6) is 0 Å². The van der Waals surface area contributed by atoms with Crippen molar-refractivity contribution in [3.63, 3.8) is 0 Å². The fourth-order valence-electron chi connectivity index (χ4n) is 2.93. The molecule has 1 nitrogen and oxygen atoms in total. The smallest absolute Gasteiger partial charge is 0.0983 e. The van der Waals surface area contributed by atoms with Crippen molar-refractivity contribution in [2.45, 2.75) is 33.6 Å². The molecule has 0 spiro atoms. The molecule has 0 heterocycles. The van der Waals surface area contributed by atoms with Crippen LogP contribution in [0.15, 0.2) is 11.8 Å². The number of ether oxygens (including phenoxy) is 1. The topological polar surface area (TPSA) is 9.23 Å². The van der Waals surface area contributed by atoms with Gasteiger partial charge in [-0.3, -0.25) is 0 Å². The number of hydrogen-bond donors (Lipinski definition) is 0. The van der Waals surface area contributed by atoms with Gasteiger partial charge >= 0.3 is 0 Å². The molecule has 2 aliphatic rings. The van der Waals surface area contributed by atoms with Gasteiger partial charge in [0.15, 0.2) is 0 Å². The van der Waals surface area contributed by atoms with Crippen molar-refractivity contribution in [2.24, 2.45) is 16.7 Å². The Balaban J connectivity index is 2.43. The van der Waals surface area contributed by atoms with Gasteiger partial charge in [0.2, 0.25) is 0 Å². The molecule has 0 aliphatic heterocycles. The molecule has 1 fully saturated rings. The van der Waals surface area contributed by atoms with Gasteiger partial charge in [0.25, 0.3) is 0 Å². The largest absolute Gasteiger partial charge is 0.501 e. The minimum Gasteiger partial charge on any atom is -0.501 e. The number of fused-ring (bicyclic) bond motifs is 2. The third-order valence-electron chi connectivity index (χ3n) is 4.42. The van der Waals surface area contributed by atoms with Crippen LogP contribution in [0, 0.1) is 16.7 Å². The summed E-state index contributed by atoms with van der Waals surface area (Å²) in [4.78, 5) is 0. The van der Waals surface area contributed by atoms with Gasteiger partial charge < -0.3 is 4.74 Å². The van der Waals surface area contributed by atoms with Crippen LogP contribution in [0.3, 0.4) is 0 Å². The lowest BCUT2D eigenvalue weighted by molar-refractivity contribution is 0.102. The van der Waals surface area contributed by atoms with Crippen LogP contribution in [0.1, 0.15) is 33.6 Å². The highest BCUT2D eigenvalue weighted by molar-refractivity contribution is 5.27. The van der Waals surface area contributed by atoms with Gasteiger partial charge in [-0.1, -0.05) is 20.8 Å². The van der Waals surface area contributed by atoms with Crippen LogP contribution < -0.4 is 0 Å². The predicted octanol–water partition coefficient (Wildman–Crippen LogP) is 2.97. The quantitative estimate of drug-likeness (QED) is 0.582. The maximum atomic E-state index is 5.44. The first-order valence-corrected chi connectivity index (χ1v) is 4.78. The van der Waals surface area contributed by atoms with Crippen molar-refractivity contribution in [2.75, 3.05) is 7.11 Å². The van der Waals surface area contributed by atoms with Crippen LogP contribution in [0.4, 0.5) is 0 Å². The zero-order chi connectivity index (χ0) is 8.98. The van der Waals surface area contributed by atoms with Crippen LogP contribution >= 0.6 is 0 Å². The average molecular weight is 166 g/mol. The molecule has 0 aromatic carbocycles.